The minimum absolute atomic E-state index is 0.0419. The quantitative estimate of drug-likeness (QED) is 0.481. The maximum absolute atomic E-state index is 12.4. The van der Waals surface area contributed by atoms with Crippen molar-refractivity contribution in [2.45, 2.75) is 39.8 Å². The number of hydrogen-bond acceptors (Lipinski definition) is 3. The number of allylic oxidation sites excluding steroid dienone is 1. The van der Waals surface area contributed by atoms with Gasteiger partial charge in [0.05, 0.1) is 6.54 Å². The first-order valence-corrected chi connectivity index (χ1v) is 9.88. The molecule has 1 amide bonds. The average molecular weight is 392 g/mol. The fraction of sp³-hybridized carbons (Fsp3) is 0.280. The van der Waals surface area contributed by atoms with Gasteiger partial charge in [-0.1, -0.05) is 69.0 Å². The van der Waals surface area contributed by atoms with Gasteiger partial charge in [-0.2, -0.15) is 0 Å². The average Bonchev–Trinajstić information content (AvgIpc) is 2.76. The highest BCUT2D eigenvalue weighted by molar-refractivity contribution is 5.97. The Balaban J connectivity index is 2.16. The van der Waals surface area contributed by atoms with E-state index in [1.54, 1.807) is 31.2 Å². The first-order valence-electron chi connectivity index (χ1n) is 9.88. The number of ketones is 1. The van der Waals surface area contributed by atoms with Crippen LogP contribution < -0.4 is 0 Å². The van der Waals surface area contributed by atoms with E-state index in [4.69, 9.17) is 0 Å². The molecule has 0 heterocycles. The third-order valence-electron chi connectivity index (χ3n) is 5.01. The minimum Gasteiger partial charge on any atom is -0.384 e. The van der Waals surface area contributed by atoms with Crippen molar-refractivity contribution in [1.82, 2.24) is 4.90 Å². The lowest BCUT2D eigenvalue weighted by Crippen LogP contribution is -2.22. The van der Waals surface area contributed by atoms with Crippen LogP contribution in [0.15, 0.2) is 73.5 Å². The van der Waals surface area contributed by atoms with Gasteiger partial charge in [-0.3, -0.25) is 9.59 Å². The SMILES string of the molecule is C=CN(Cc1ccc(C(O)c2cccc(C(=O)C(C)CC)c2)cc1)C(=O)/C=C\C. The van der Waals surface area contributed by atoms with E-state index in [0.717, 1.165) is 17.5 Å². The Morgan fingerprint density at radius 2 is 1.83 bits per heavy atom. The van der Waals surface area contributed by atoms with Gasteiger partial charge in [0.1, 0.15) is 6.10 Å². The lowest BCUT2D eigenvalue weighted by Gasteiger charge is -2.17. The van der Waals surface area contributed by atoms with Crippen LogP contribution in [0.4, 0.5) is 0 Å². The molecule has 0 radical (unpaired) electrons. The van der Waals surface area contributed by atoms with Crippen LogP contribution in [-0.4, -0.2) is 21.7 Å². The van der Waals surface area contributed by atoms with Crippen LogP contribution in [0.3, 0.4) is 0 Å². The van der Waals surface area contributed by atoms with Crippen LogP contribution in [0.25, 0.3) is 0 Å². The van der Waals surface area contributed by atoms with E-state index in [9.17, 15) is 14.7 Å². The lowest BCUT2D eigenvalue weighted by molar-refractivity contribution is -0.124. The summed E-state index contributed by atoms with van der Waals surface area (Å²) in [4.78, 5) is 26.0. The molecule has 0 fully saturated rings. The van der Waals surface area contributed by atoms with Crippen molar-refractivity contribution < 1.29 is 14.7 Å². The molecule has 0 aliphatic carbocycles. The zero-order valence-electron chi connectivity index (χ0n) is 17.3. The standard InChI is InChI=1S/C25H29NO3/c1-5-9-23(27)26(7-3)17-19-12-14-20(15-13-19)25(29)22-11-8-10-21(16-22)24(28)18(4)6-2/h5,7-16,18,25,29H,3,6,17H2,1-2,4H3/b9-5-. The Morgan fingerprint density at radius 1 is 1.14 bits per heavy atom. The van der Waals surface area contributed by atoms with Gasteiger partial charge in [-0.15, -0.1) is 0 Å². The molecule has 0 aliphatic rings. The van der Waals surface area contributed by atoms with Crippen molar-refractivity contribution in [3.05, 3.63) is 95.7 Å². The number of nitrogens with zero attached hydrogens (tertiary/aromatic N) is 1. The Hall–Kier alpha value is -2.98. The number of rotatable bonds is 9. The van der Waals surface area contributed by atoms with Gasteiger partial charge >= 0.3 is 0 Å². The third kappa shape index (κ3) is 5.75. The van der Waals surface area contributed by atoms with E-state index in [2.05, 4.69) is 6.58 Å². The van der Waals surface area contributed by atoms with Crippen LogP contribution in [0.2, 0.25) is 0 Å². The van der Waals surface area contributed by atoms with Crippen molar-refractivity contribution in [3.63, 3.8) is 0 Å². The second kappa shape index (κ2) is 10.5. The van der Waals surface area contributed by atoms with Gasteiger partial charge in [-0.25, -0.2) is 0 Å². The molecule has 2 unspecified atom stereocenters. The maximum atomic E-state index is 12.4. The number of Topliss-reactive ketones (excluding diaryl/α,β-unsaturated/α-hetero) is 1. The fourth-order valence-electron chi connectivity index (χ4n) is 3.00. The Labute approximate surface area is 173 Å². The summed E-state index contributed by atoms with van der Waals surface area (Å²) in [5.41, 5.74) is 2.96. The summed E-state index contributed by atoms with van der Waals surface area (Å²) in [5, 5.41) is 10.8. The van der Waals surface area contributed by atoms with Crippen LogP contribution in [-0.2, 0) is 11.3 Å². The monoisotopic (exact) mass is 391 g/mol. The summed E-state index contributed by atoms with van der Waals surface area (Å²) in [6.07, 6.45) is 4.65. The summed E-state index contributed by atoms with van der Waals surface area (Å²) < 4.78 is 0. The van der Waals surface area contributed by atoms with Gasteiger partial charge in [0.2, 0.25) is 5.91 Å². The molecule has 0 saturated heterocycles. The number of benzene rings is 2. The van der Waals surface area contributed by atoms with Crippen LogP contribution in [0.5, 0.6) is 0 Å². The maximum Gasteiger partial charge on any atom is 0.250 e. The molecular formula is C25H29NO3. The normalized spacial score (nSPS) is 13.1. The van der Waals surface area contributed by atoms with Gasteiger partial charge in [-0.05, 0) is 42.2 Å². The predicted octanol–water partition coefficient (Wildman–Crippen LogP) is 5.05. The molecule has 2 aromatic carbocycles. The molecule has 2 atom stereocenters. The molecule has 2 rings (SSSR count). The molecule has 0 aliphatic heterocycles. The number of amides is 1. The second-order valence-electron chi connectivity index (χ2n) is 7.09. The van der Waals surface area contributed by atoms with Crippen LogP contribution in [0, 0.1) is 5.92 Å². The number of hydrogen-bond donors (Lipinski definition) is 1. The summed E-state index contributed by atoms with van der Waals surface area (Å²) in [7, 11) is 0. The first-order chi connectivity index (χ1) is 13.9. The molecule has 1 N–H and O–H groups in total. The number of aliphatic hydroxyl groups is 1. The smallest absolute Gasteiger partial charge is 0.250 e. The summed E-state index contributed by atoms with van der Waals surface area (Å²) >= 11 is 0. The summed E-state index contributed by atoms with van der Waals surface area (Å²) in [5.74, 6) is -0.0821. The molecule has 2 aromatic rings. The largest absolute Gasteiger partial charge is 0.384 e. The molecule has 0 aromatic heterocycles. The van der Waals surface area contributed by atoms with Crippen molar-refractivity contribution in [1.29, 1.82) is 0 Å². The van der Waals surface area contributed by atoms with E-state index in [-0.39, 0.29) is 17.6 Å². The highest BCUT2D eigenvalue weighted by Crippen LogP contribution is 2.24. The van der Waals surface area contributed by atoms with Crippen LogP contribution >= 0.6 is 0 Å². The molecule has 29 heavy (non-hydrogen) atoms. The van der Waals surface area contributed by atoms with Gasteiger partial charge in [0, 0.05) is 17.7 Å². The minimum atomic E-state index is -0.825. The zero-order chi connectivity index (χ0) is 21.4. The molecule has 0 spiro atoms. The topological polar surface area (TPSA) is 57.6 Å². The highest BCUT2D eigenvalue weighted by atomic mass is 16.3. The highest BCUT2D eigenvalue weighted by Gasteiger charge is 2.17. The number of carbonyl (C=O) groups is 2. The molecule has 4 nitrogen and oxygen atoms in total. The van der Waals surface area contributed by atoms with Crippen molar-refractivity contribution in [2.24, 2.45) is 5.92 Å². The first kappa shape index (κ1) is 22.3. The van der Waals surface area contributed by atoms with Crippen molar-refractivity contribution >= 4 is 11.7 Å². The van der Waals surface area contributed by atoms with Gasteiger partial charge in [0.25, 0.3) is 0 Å². The fourth-order valence-corrected chi connectivity index (χ4v) is 3.00. The summed E-state index contributed by atoms with van der Waals surface area (Å²) in [6, 6.07) is 14.6. The molecular weight excluding hydrogens is 362 g/mol. The Bertz CT molecular complexity index is 883. The summed E-state index contributed by atoms with van der Waals surface area (Å²) in [6.45, 7) is 9.79. The molecule has 0 bridgehead atoms. The van der Waals surface area contributed by atoms with Gasteiger partial charge in [0.15, 0.2) is 5.78 Å². The van der Waals surface area contributed by atoms with Crippen LogP contribution in [0.1, 0.15) is 60.3 Å². The Kier molecular flexibility index (Phi) is 8.10. The Morgan fingerprint density at radius 3 is 2.41 bits per heavy atom. The van der Waals surface area contributed by atoms with E-state index < -0.39 is 6.10 Å². The predicted molar refractivity (Wildman–Crippen MR) is 116 cm³/mol. The van der Waals surface area contributed by atoms with Crippen molar-refractivity contribution in [3.8, 4) is 0 Å². The van der Waals surface area contributed by atoms with Gasteiger partial charge < -0.3 is 10.0 Å². The second-order valence-corrected chi connectivity index (χ2v) is 7.09. The molecule has 152 valence electrons. The molecule has 0 saturated carbocycles. The number of aliphatic hydroxyl groups excluding tert-OH is 1. The lowest BCUT2D eigenvalue weighted by atomic mass is 9.93. The number of carbonyl (C=O) groups excluding carboxylic acids is 2. The van der Waals surface area contributed by atoms with E-state index in [1.807, 2.05) is 44.2 Å². The third-order valence-corrected chi connectivity index (χ3v) is 5.01. The van der Waals surface area contributed by atoms with Crippen molar-refractivity contribution in [2.75, 3.05) is 0 Å². The van der Waals surface area contributed by atoms with E-state index >= 15 is 0 Å². The van der Waals surface area contributed by atoms with E-state index in [0.29, 0.717) is 17.7 Å². The van der Waals surface area contributed by atoms with E-state index in [1.165, 1.54) is 17.2 Å². The zero-order valence-corrected chi connectivity index (χ0v) is 17.3. The molecule has 4 heteroatoms.